The van der Waals surface area contributed by atoms with E-state index in [2.05, 4.69) is 22.7 Å². The monoisotopic (exact) mass is 216 g/mol. The maximum atomic E-state index is 5.60. The Morgan fingerprint density at radius 2 is 2.31 bits per heavy atom. The Morgan fingerprint density at radius 3 is 3.06 bits per heavy atom. The van der Waals surface area contributed by atoms with Gasteiger partial charge in [-0.25, -0.2) is 4.98 Å². The van der Waals surface area contributed by atoms with Gasteiger partial charge in [0.15, 0.2) is 5.76 Å². The fourth-order valence-corrected chi connectivity index (χ4v) is 2.27. The van der Waals surface area contributed by atoms with E-state index in [4.69, 9.17) is 4.42 Å². The average Bonchev–Trinajstić information content (AvgIpc) is 2.83. The molecule has 0 saturated heterocycles. The van der Waals surface area contributed by atoms with Crippen LogP contribution in [-0.4, -0.2) is 9.55 Å². The van der Waals surface area contributed by atoms with Gasteiger partial charge in [-0.1, -0.05) is 6.92 Å². The Hall–Kier alpha value is -1.51. The van der Waals surface area contributed by atoms with Gasteiger partial charge in [0.1, 0.15) is 17.3 Å². The summed E-state index contributed by atoms with van der Waals surface area (Å²) in [6, 6.07) is 3.98. The Kier molecular flexibility index (Phi) is 2.13. The maximum Gasteiger partial charge on any atom is 0.154 e. The lowest BCUT2D eigenvalue weighted by atomic mass is 10.0. The van der Waals surface area contributed by atoms with Crippen molar-refractivity contribution in [2.24, 2.45) is 5.92 Å². The Labute approximate surface area is 95.1 Å². The molecule has 2 aromatic heterocycles. The van der Waals surface area contributed by atoms with Crippen LogP contribution < -0.4 is 0 Å². The molecule has 0 spiro atoms. The molecule has 1 unspecified atom stereocenters. The number of hydrogen-bond acceptors (Lipinski definition) is 2. The zero-order chi connectivity index (χ0) is 11.1. The number of aryl methyl sites for hydroxylation is 2. The summed E-state index contributed by atoms with van der Waals surface area (Å²) in [4.78, 5) is 4.65. The fraction of sp³-hybridized carbons (Fsp3) is 0.462. The van der Waals surface area contributed by atoms with E-state index in [1.54, 1.807) is 0 Å². The zero-order valence-electron chi connectivity index (χ0n) is 9.73. The van der Waals surface area contributed by atoms with Crippen LogP contribution in [0, 0.1) is 12.8 Å². The summed E-state index contributed by atoms with van der Waals surface area (Å²) in [7, 11) is 0. The summed E-state index contributed by atoms with van der Waals surface area (Å²) in [6.07, 6.45) is 4.44. The van der Waals surface area contributed by atoms with Gasteiger partial charge in [-0.3, -0.25) is 0 Å². The molecule has 0 aromatic carbocycles. The van der Waals surface area contributed by atoms with Gasteiger partial charge in [-0.15, -0.1) is 0 Å². The van der Waals surface area contributed by atoms with Crippen LogP contribution in [0.25, 0.3) is 11.5 Å². The van der Waals surface area contributed by atoms with Gasteiger partial charge in [0.05, 0.1) is 0 Å². The molecule has 0 fully saturated rings. The highest BCUT2D eigenvalue weighted by molar-refractivity contribution is 5.51. The second-order valence-electron chi connectivity index (χ2n) is 4.74. The number of imidazole rings is 1. The molecule has 0 radical (unpaired) electrons. The first-order valence-corrected chi connectivity index (χ1v) is 5.85. The molecular weight excluding hydrogens is 200 g/mol. The quantitative estimate of drug-likeness (QED) is 0.733. The Balaban J connectivity index is 1.98. The van der Waals surface area contributed by atoms with Gasteiger partial charge in [-0.2, -0.15) is 0 Å². The van der Waals surface area contributed by atoms with Crippen LogP contribution in [0.1, 0.15) is 24.9 Å². The summed E-state index contributed by atoms with van der Waals surface area (Å²) >= 11 is 0. The van der Waals surface area contributed by atoms with Gasteiger partial charge < -0.3 is 8.98 Å². The van der Waals surface area contributed by atoms with Crippen molar-refractivity contribution in [1.82, 2.24) is 9.55 Å². The van der Waals surface area contributed by atoms with Gasteiger partial charge >= 0.3 is 0 Å². The molecule has 3 nitrogen and oxygen atoms in total. The van der Waals surface area contributed by atoms with E-state index in [1.165, 1.54) is 12.2 Å². The van der Waals surface area contributed by atoms with E-state index in [-0.39, 0.29) is 0 Å². The van der Waals surface area contributed by atoms with Crippen molar-refractivity contribution in [2.45, 2.75) is 33.2 Å². The maximum absolute atomic E-state index is 5.60. The van der Waals surface area contributed by atoms with E-state index < -0.39 is 0 Å². The van der Waals surface area contributed by atoms with Crippen LogP contribution in [0.4, 0.5) is 0 Å². The minimum absolute atomic E-state index is 0.751. The molecule has 0 bridgehead atoms. The standard InChI is InChI=1S/C13H16N2O/c1-9-5-6-15-8-11(14-13(15)7-9)12-4-3-10(2)16-12/h3-4,8-9H,5-7H2,1-2H3. The summed E-state index contributed by atoms with van der Waals surface area (Å²) in [6.45, 7) is 5.33. The molecule has 0 N–H and O–H groups in total. The molecule has 3 heteroatoms. The third-order valence-electron chi connectivity index (χ3n) is 3.25. The van der Waals surface area contributed by atoms with E-state index in [9.17, 15) is 0 Å². The van der Waals surface area contributed by atoms with E-state index >= 15 is 0 Å². The summed E-state index contributed by atoms with van der Waals surface area (Å²) < 4.78 is 7.86. The molecule has 1 aliphatic heterocycles. The highest BCUT2D eigenvalue weighted by atomic mass is 16.3. The van der Waals surface area contributed by atoms with Gasteiger partial charge in [0.25, 0.3) is 0 Å². The summed E-state index contributed by atoms with van der Waals surface area (Å²) in [5, 5.41) is 0. The predicted octanol–water partition coefficient (Wildman–Crippen LogP) is 3.03. The number of aromatic nitrogens is 2. The van der Waals surface area contributed by atoms with Crippen molar-refractivity contribution < 1.29 is 4.42 Å². The Bertz CT molecular complexity index is 510. The van der Waals surface area contributed by atoms with Crippen molar-refractivity contribution in [3.05, 3.63) is 29.9 Å². The number of nitrogens with zero attached hydrogens (tertiary/aromatic N) is 2. The minimum Gasteiger partial charge on any atom is -0.460 e. The number of hydrogen-bond donors (Lipinski definition) is 0. The lowest BCUT2D eigenvalue weighted by Gasteiger charge is -2.18. The van der Waals surface area contributed by atoms with Crippen LogP contribution >= 0.6 is 0 Å². The lowest BCUT2D eigenvalue weighted by molar-refractivity contribution is 0.409. The second-order valence-corrected chi connectivity index (χ2v) is 4.74. The Morgan fingerprint density at radius 1 is 1.44 bits per heavy atom. The van der Waals surface area contributed by atoms with Crippen molar-refractivity contribution in [2.75, 3.05) is 0 Å². The molecule has 0 amide bonds. The first kappa shape index (κ1) is 9.70. The first-order valence-electron chi connectivity index (χ1n) is 5.85. The second kappa shape index (κ2) is 3.51. The molecule has 0 aliphatic carbocycles. The fourth-order valence-electron chi connectivity index (χ4n) is 2.27. The SMILES string of the molecule is Cc1ccc(-c2cn3c(n2)CC(C)CC3)o1. The molecule has 16 heavy (non-hydrogen) atoms. The topological polar surface area (TPSA) is 31.0 Å². The van der Waals surface area contributed by atoms with Crippen LogP contribution in [0.15, 0.2) is 22.7 Å². The average molecular weight is 216 g/mol. The highest BCUT2D eigenvalue weighted by Crippen LogP contribution is 2.25. The van der Waals surface area contributed by atoms with E-state index in [0.29, 0.717) is 0 Å². The predicted molar refractivity (Wildman–Crippen MR) is 62.2 cm³/mol. The van der Waals surface area contributed by atoms with E-state index in [0.717, 1.165) is 36.1 Å². The van der Waals surface area contributed by atoms with E-state index in [1.807, 2.05) is 19.1 Å². The minimum atomic E-state index is 0.751. The third-order valence-corrected chi connectivity index (χ3v) is 3.25. The van der Waals surface area contributed by atoms with Crippen molar-refractivity contribution in [3.8, 4) is 11.5 Å². The highest BCUT2D eigenvalue weighted by Gasteiger charge is 2.18. The zero-order valence-corrected chi connectivity index (χ0v) is 9.73. The first-order chi connectivity index (χ1) is 7.72. The molecule has 0 saturated carbocycles. The van der Waals surface area contributed by atoms with Crippen molar-refractivity contribution in [1.29, 1.82) is 0 Å². The molecular formula is C13H16N2O. The number of rotatable bonds is 1. The van der Waals surface area contributed by atoms with Crippen LogP contribution in [0.3, 0.4) is 0 Å². The van der Waals surface area contributed by atoms with Crippen molar-refractivity contribution in [3.63, 3.8) is 0 Å². The molecule has 3 heterocycles. The molecule has 1 atom stereocenters. The van der Waals surface area contributed by atoms with Gasteiger partial charge in [-0.05, 0) is 31.4 Å². The van der Waals surface area contributed by atoms with Gasteiger partial charge in [0.2, 0.25) is 0 Å². The third kappa shape index (κ3) is 1.56. The molecule has 3 rings (SSSR count). The molecule has 2 aromatic rings. The number of furan rings is 1. The van der Waals surface area contributed by atoms with Crippen molar-refractivity contribution >= 4 is 0 Å². The lowest BCUT2D eigenvalue weighted by Crippen LogP contribution is -2.16. The van der Waals surface area contributed by atoms with Crippen LogP contribution in [-0.2, 0) is 13.0 Å². The van der Waals surface area contributed by atoms with Crippen LogP contribution in [0.5, 0.6) is 0 Å². The molecule has 1 aliphatic rings. The number of fused-ring (bicyclic) bond motifs is 1. The normalized spacial score (nSPS) is 19.8. The molecule has 84 valence electrons. The summed E-state index contributed by atoms with van der Waals surface area (Å²) in [5.74, 6) is 3.77. The van der Waals surface area contributed by atoms with Gasteiger partial charge in [0, 0.05) is 19.2 Å². The summed E-state index contributed by atoms with van der Waals surface area (Å²) in [5.41, 5.74) is 0.970. The largest absolute Gasteiger partial charge is 0.460 e. The van der Waals surface area contributed by atoms with Crippen LogP contribution in [0.2, 0.25) is 0 Å². The smallest absolute Gasteiger partial charge is 0.154 e.